The van der Waals surface area contributed by atoms with Crippen LogP contribution in [0.25, 0.3) is 0 Å². The topological polar surface area (TPSA) is 119 Å². The maximum absolute atomic E-state index is 12.0. The van der Waals surface area contributed by atoms with Gasteiger partial charge in [-0.25, -0.2) is 13.2 Å². The zero-order valence-electron chi connectivity index (χ0n) is 14.6. The second kappa shape index (κ2) is 7.55. The van der Waals surface area contributed by atoms with E-state index in [0.717, 1.165) is 0 Å². The molecule has 1 aliphatic heterocycles. The summed E-state index contributed by atoms with van der Waals surface area (Å²) >= 11 is 1.96. The highest BCUT2D eigenvalue weighted by atomic mass is 127. The molecule has 1 aliphatic rings. The van der Waals surface area contributed by atoms with Crippen LogP contribution >= 0.6 is 22.6 Å². The molecule has 2 rings (SSSR count). The Kier molecular flexibility index (Phi) is 6.00. The second-order valence-corrected chi connectivity index (χ2v) is 10.3. The second-order valence-electron chi connectivity index (χ2n) is 6.84. The van der Waals surface area contributed by atoms with Gasteiger partial charge < -0.3 is 9.64 Å². The molecule has 1 saturated heterocycles. The molecule has 0 atom stereocenters. The number of anilines is 2. The standard InChI is InChI=1S/C15H20IN3O6S/c1-15(2,3)25-14(20)17-11-9-12(10(16)8-13(11)19(21)22)18-4-6-26(23,24)7-5-18/h8-9H,4-7H2,1-3H3,(H,17,20). The molecule has 1 aromatic rings. The quantitative estimate of drug-likeness (QED) is 0.388. The van der Waals surface area contributed by atoms with Gasteiger partial charge in [-0.2, -0.15) is 0 Å². The lowest BCUT2D eigenvalue weighted by atomic mass is 10.2. The van der Waals surface area contributed by atoms with Crippen molar-refractivity contribution in [1.82, 2.24) is 0 Å². The van der Waals surface area contributed by atoms with Crippen LogP contribution in [0.3, 0.4) is 0 Å². The van der Waals surface area contributed by atoms with E-state index in [9.17, 15) is 23.3 Å². The molecule has 9 nitrogen and oxygen atoms in total. The monoisotopic (exact) mass is 497 g/mol. The third kappa shape index (κ3) is 5.43. The van der Waals surface area contributed by atoms with Crippen LogP contribution in [0.1, 0.15) is 20.8 Å². The van der Waals surface area contributed by atoms with Crippen LogP contribution in [0, 0.1) is 13.7 Å². The molecular weight excluding hydrogens is 477 g/mol. The van der Waals surface area contributed by atoms with Gasteiger partial charge in [-0.05, 0) is 49.4 Å². The number of nitro groups is 1. The summed E-state index contributed by atoms with van der Waals surface area (Å²) in [6.07, 6.45) is -0.797. The smallest absolute Gasteiger partial charge is 0.412 e. The Hall–Kier alpha value is -1.63. The minimum atomic E-state index is -3.05. The molecule has 0 aliphatic carbocycles. The molecule has 1 heterocycles. The number of carbonyl (C=O) groups is 1. The predicted molar refractivity (Wildman–Crippen MR) is 107 cm³/mol. The first-order valence-corrected chi connectivity index (χ1v) is 10.7. The number of rotatable bonds is 3. The van der Waals surface area contributed by atoms with E-state index in [1.807, 2.05) is 27.5 Å². The highest BCUT2D eigenvalue weighted by molar-refractivity contribution is 14.1. The van der Waals surface area contributed by atoms with Crippen molar-refractivity contribution in [2.75, 3.05) is 34.8 Å². The number of halogens is 1. The summed E-state index contributed by atoms with van der Waals surface area (Å²) in [5.74, 6) is 0.0454. The molecule has 0 radical (unpaired) electrons. The summed E-state index contributed by atoms with van der Waals surface area (Å²) in [6, 6.07) is 2.84. The van der Waals surface area contributed by atoms with E-state index >= 15 is 0 Å². The van der Waals surface area contributed by atoms with E-state index in [1.54, 1.807) is 20.8 Å². The zero-order chi connectivity index (χ0) is 19.7. The number of ether oxygens (including phenoxy) is 1. The van der Waals surface area contributed by atoms with Gasteiger partial charge in [0, 0.05) is 22.7 Å². The van der Waals surface area contributed by atoms with Crippen molar-refractivity contribution in [3.05, 3.63) is 25.8 Å². The van der Waals surface area contributed by atoms with Crippen molar-refractivity contribution in [2.24, 2.45) is 0 Å². The molecule has 0 unspecified atom stereocenters. The lowest BCUT2D eigenvalue weighted by Crippen LogP contribution is -2.40. The van der Waals surface area contributed by atoms with E-state index in [0.29, 0.717) is 22.3 Å². The van der Waals surface area contributed by atoms with Crippen LogP contribution in [0.4, 0.5) is 21.9 Å². The largest absolute Gasteiger partial charge is 0.444 e. The number of sulfone groups is 1. The number of amides is 1. The number of nitrogens with one attached hydrogen (secondary N) is 1. The van der Waals surface area contributed by atoms with Gasteiger partial charge in [-0.15, -0.1) is 0 Å². The van der Waals surface area contributed by atoms with Gasteiger partial charge in [0.1, 0.15) is 11.3 Å². The number of hydrogen-bond donors (Lipinski definition) is 1. The minimum Gasteiger partial charge on any atom is -0.444 e. The number of nitrogens with zero attached hydrogens (tertiary/aromatic N) is 2. The van der Waals surface area contributed by atoms with Crippen molar-refractivity contribution < 1.29 is 22.9 Å². The third-order valence-electron chi connectivity index (χ3n) is 3.58. The first-order chi connectivity index (χ1) is 11.9. The Morgan fingerprint density at radius 1 is 1.31 bits per heavy atom. The molecular formula is C15H20IN3O6S. The molecule has 0 saturated carbocycles. The Morgan fingerprint density at radius 2 is 1.88 bits per heavy atom. The van der Waals surface area contributed by atoms with Crippen LogP contribution in [0.15, 0.2) is 12.1 Å². The maximum Gasteiger partial charge on any atom is 0.412 e. The zero-order valence-corrected chi connectivity index (χ0v) is 17.6. The number of benzene rings is 1. The van der Waals surface area contributed by atoms with Gasteiger partial charge in [-0.3, -0.25) is 15.4 Å². The molecule has 0 aromatic heterocycles. The van der Waals surface area contributed by atoms with Crippen molar-refractivity contribution in [3.63, 3.8) is 0 Å². The summed E-state index contributed by atoms with van der Waals surface area (Å²) in [6.45, 7) is 5.65. The van der Waals surface area contributed by atoms with Crippen molar-refractivity contribution >= 4 is 55.6 Å². The fourth-order valence-corrected chi connectivity index (χ4v) is 4.40. The molecule has 1 amide bonds. The molecule has 0 spiro atoms. The summed E-state index contributed by atoms with van der Waals surface area (Å²) in [5, 5.41) is 13.8. The van der Waals surface area contributed by atoms with Gasteiger partial charge in [0.05, 0.1) is 22.1 Å². The summed E-state index contributed by atoms with van der Waals surface area (Å²) < 4.78 is 29.0. The van der Waals surface area contributed by atoms with Gasteiger partial charge in [-0.1, -0.05) is 0 Å². The molecule has 26 heavy (non-hydrogen) atoms. The van der Waals surface area contributed by atoms with E-state index in [4.69, 9.17) is 4.74 Å². The van der Waals surface area contributed by atoms with Gasteiger partial charge in [0.25, 0.3) is 5.69 Å². The molecule has 1 N–H and O–H groups in total. The fraction of sp³-hybridized carbons (Fsp3) is 0.533. The molecule has 11 heteroatoms. The van der Waals surface area contributed by atoms with E-state index in [-0.39, 0.29) is 22.9 Å². The van der Waals surface area contributed by atoms with Gasteiger partial charge in [0.2, 0.25) is 0 Å². The SMILES string of the molecule is CC(C)(C)OC(=O)Nc1cc(N2CCS(=O)(=O)CC2)c(I)cc1[N+](=O)[O-]. The van der Waals surface area contributed by atoms with E-state index < -0.39 is 26.5 Å². The molecule has 1 aromatic carbocycles. The van der Waals surface area contributed by atoms with Gasteiger partial charge >= 0.3 is 6.09 Å². The molecule has 1 fully saturated rings. The first kappa shape index (κ1) is 20.7. The Bertz CT molecular complexity index is 821. The molecule has 0 bridgehead atoms. The minimum absolute atomic E-state index is 0.00750. The highest BCUT2D eigenvalue weighted by Crippen LogP contribution is 2.35. The highest BCUT2D eigenvalue weighted by Gasteiger charge is 2.27. The number of carbonyl (C=O) groups excluding carboxylic acids is 1. The third-order valence-corrected chi connectivity index (χ3v) is 6.06. The van der Waals surface area contributed by atoms with E-state index in [1.165, 1.54) is 12.1 Å². The normalized spacial score (nSPS) is 16.8. The summed E-state index contributed by atoms with van der Waals surface area (Å²) in [7, 11) is -3.05. The van der Waals surface area contributed by atoms with Gasteiger partial charge in [0.15, 0.2) is 9.84 Å². The average Bonchev–Trinajstić information content (AvgIpc) is 2.47. The summed E-state index contributed by atoms with van der Waals surface area (Å²) in [5.41, 5.74) is -0.356. The Labute approximate surface area is 165 Å². The lowest BCUT2D eigenvalue weighted by Gasteiger charge is -2.30. The van der Waals surface area contributed by atoms with Crippen molar-refractivity contribution in [3.8, 4) is 0 Å². The van der Waals surface area contributed by atoms with Crippen LogP contribution in [0.2, 0.25) is 0 Å². The molecule has 144 valence electrons. The van der Waals surface area contributed by atoms with E-state index in [2.05, 4.69) is 5.32 Å². The summed E-state index contributed by atoms with van der Waals surface area (Å²) in [4.78, 5) is 24.6. The van der Waals surface area contributed by atoms with Crippen LogP contribution in [0.5, 0.6) is 0 Å². The van der Waals surface area contributed by atoms with Crippen LogP contribution in [-0.4, -0.2) is 49.6 Å². The van der Waals surface area contributed by atoms with Crippen LogP contribution in [-0.2, 0) is 14.6 Å². The Balaban J connectivity index is 2.34. The number of nitro benzene ring substituents is 1. The average molecular weight is 497 g/mol. The fourth-order valence-electron chi connectivity index (χ4n) is 2.41. The van der Waals surface area contributed by atoms with Crippen molar-refractivity contribution in [1.29, 1.82) is 0 Å². The lowest BCUT2D eigenvalue weighted by molar-refractivity contribution is -0.384. The Morgan fingerprint density at radius 3 is 2.38 bits per heavy atom. The number of hydrogen-bond acceptors (Lipinski definition) is 7. The van der Waals surface area contributed by atoms with Crippen molar-refractivity contribution in [2.45, 2.75) is 26.4 Å². The van der Waals surface area contributed by atoms with Crippen LogP contribution < -0.4 is 10.2 Å². The predicted octanol–water partition coefficient (Wildman–Crippen LogP) is 2.78. The maximum atomic E-state index is 12.0. The first-order valence-electron chi connectivity index (χ1n) is 7.81.